The molecule has 25 heavy (non-hydrogen) atoms. The Kier molecular flexibility index (Phi) is 5.72. The van der Waals surface area contributed by atoms with Gasteiger partial charge in [0.15, 0.2) is 5.13 Å². The first-order chi connectivity index (χ1) is 12.2. The third-order valence-corrected chi connectivity index (χ3v) is 5.41. The molecule has 0 atom stereocenters. The molecular formula is C20H22N2O2S. The van der Waals surface area contributed by atoms with E-state index in [0.717, 1.165) is 35.0 Å². The third-order valence-electron chi connectivity index (χ3n) is 4.23. The van der Waals surface area contributed by atoms with E-state index in [9.17, 15) is 4.79 Å². The Morgan fingerprint density at radius 2 is 2.16 bits per heavy atom. The normalized spacial score (nSPS) is 13.0. The number of anilines is 1. The number of aromatic nitrogens is 1. The number of nitrogens with zero attached hydrogens (tertiary/aromatic N) is 2. The Morgan fingerprint density at radius 3 is 2.92 bits per heavy atom. The van der Waals surface area contributed by atoms with E-state index in [-0.39, 0.29) is 18.9 Å². The fourth-order valence-electron chi connectivity index (χ4n) is 3.01. The van der Waals surface area contributed by atoms with Crippen molar-refractivity contribution in [3.63, 3.8) is 0 Å². The summed E-state index contributed by atoms with van der Waals surface area (Å²) in [6.45, 7) is 2.74. The molecule has 5 heteroatoms. The second-order valence-electron chi connectivity index (χ2n) is 5.97. The van der Waals surface area contributed by atoms with Crippen LogP contribution in [0.2, 0.25) is 0 Å². The molecule has 0 aliphatic heterocycles. The summed E-state index contributed by atoms with van der Waals surface area (Å²) in [5.74, 6) is 3.30. The Hall–Kier alpha value is -2.32. The molecule has 1 aromatic carbocycles. The zero-order valence-electron chi connectivity index (χ0n) is 14.5. The molecule has 0 N–H and O–H groups in total. The predicted molar refractivity (Wildman–Crippen MR) is 101 cm³/mol. The monoisotopic (exact) mass is 354 g/mol. The lowest BCUT2D eigenvalue weighted by atomic mass is 10.0. The van der Waals surface area contributed by atoms with Crippen LogP contribution in [0.25, 0.3) is 0 Å². The van der Waals surface area contributed by atoms with Crippen LogP contribution in [0.1, 0.15) is 35.9 Å². The summed E-state index contributed by atoms with van der Waals surface area (Å²) in [4.78, 5) is 20.5. The number of hydrogen-bond donors (Lipinski definition) is 0. The summed E-state index contributed by atoms with van der Waals surface area (Å²) in [7, 11) is 0. The molecule has 0 saturated carbocycles. The Labute approximate surface area is 152 Å². The van der Waals surface area contributed by atoms with Crippen LogP contribution in [-0.2, 0) is 24.1 Å². The van der Waals surface area contributed by atoms with Gasteiger partial charge in [0.1, 0.15) is 5.75 Å². The maximum atomic E-state index is 12.9. The summed E-state index contributed by atoms with van der Waals surface area (Å²) in [5.41, 5.74) is 2.01. The minimum absolute atomic E-state index is 0.0452. The molecule has 1 amide bonds. The van der Waals surface area contributed by atoms with Crippen molar-refractivity contribution in [3.8, 4) is 18.1 Å². The van der Waals surface area contributed by atoms with Gasteiger partial charge in [-0.25, -0.2) is 4.98 Å². The molecule has 0 fully saturated rings. The second kappa shape index (κ2) is 8.17. The Balaban J connectivity index is 1.82. The zero-order chi connectivity index (χ0) is 17.6. The second-order valence-corrected chi connectivity index (χ2v) is 7.04. The van der Waals surface area contributed by atoms with Crippen molar-refractivity contribution in [2.24, 2.45) is 0 Å². The van der Waals surface area contributed by atoms with Gasteiger partial charge in [-0.05, 0) is 38.7 Å². The fourth-order valence-corrected chi connectivity index (χ4v) is 4.18. The van der Waals surface area contributed by atoms with Crippen molar-refractivity contribution in [3.05, 3.63) is 40.4 Å². The summed E-state index contributed by atoms with van der Waals surface area (Å²) in [6.07, 6.45) is 10.2. The van der Waals surface area contributed by atoms with Crippen molar-refractivity contribution in [2.75, 3.05) is 18.1 Å². The molecule has 2 aromatic rings. The average molecular weight is 354 g/mol. The van der Waals surface area contributed by atoms with Crippen molar-refractivity contribution in [1.29, 1.82) is 0 Å². The largest absolute Gasteiger partial charge is 0.494 e. The van der Waals surface area contributed by atoms with Crippen molar-refractivity contribution in [2.45, 2.75) is 39.0 Å². The average Bonchev–Trinajstić information content (AvgIpc) is 3.05. The molecule has 130 valence electrons. The maximum absolute atomic E-state index is 12.9. The van der Waals surface area contributed by atoms with Gasteiger partial charge >= 0.3 is 0 Å². The highest BCUT2D eigenvalue weighted by molar-refractivity contribution is 7.16. The first-order valence-electron chi connectivity index (χ1n) is 8.66. The number of ether oxygens (including phenoxy) is 1. The lowest BCUT2D eigenvalue weighted by molar-refractivity contribution is -0.117. The number of rotatable bonds is 6. The van der Waals surface area contributed by atoms with Crippen molar-refractivity contribution in [1.82, 2.24) is 4.98 Å². The highest BCUT2D eigenvalue weighted by Gasteiger charge is 2.23. The quantitative estimate of drug-likeness (QED) is 0.744. The van der Waals surface area contributed by atoms with E-state index in [1.165, 1.54) is 17.7 Å². The van der Waals surface area contributed by atoms with Gasteiger partial charge in [0.2, 0.25) is 5.91 Å². The van der Waals surface area contributed by atoms with Gasteiger partial charge < -0.3 is 4.74 Å². The number of para-hydroxylation sites is 1. The Bertz CT molecular complexity index is 768. The van der Waals surface area contributed by atoms with Crippen LogP contribution < -0.4 is 9.64 Å². The third kappa shape index (κ3) is 4.02. The van der Waals surface area contributed by atoms with Crippen LogP contribution in [0.5, 0.6) is 5.75 Å². The number of carbonyl (C=O) groups excluding carboxylic acids is 1. The van der Waals surface area contributed by atoms with Crippen LogP contribution in [0.4, 0.5) is 5.13 Å². The predicted octanol–water partition coefficient (Wildman–Crippen LogP) is 3.63. The minimum atomic E-state index is -0.0452. The molecule has 1 heterocycles. The van der Waals surface area contributed by atoms with Crippen LogP contribution >= 0.6 is 11.3 Å². The number of aryl methyl sites for hydroxylation is 2. The van der Waals surface area contributed by atoms with Gasteiger partial charge in [-0.1, -0.05) is 24.1 Å². The molecule has 1 aliphatic rings. The highest BCUT2D eigenvalue weighted by Crippen LogP contribution is 2.32. The number of fused-ring (bicyclic) bond motifs is 1. The van der Waals surface area contributed by atoms with E-state index in [0.29, 0.717) is 6.61 Å². The number of carbonyl (C=O) groups is 1. The van der Waals surface area contributed by atoms with E-state index in [1.807, 2.05) is 31.2 Å². The lowest BCUT2D eigenvalue weighted by Gasteiger charge is -2.18. The number of thiazole rings is 1. The molecule has 1 aliphatic carbocycles. The molecule has 4 nitrogen and oxygen atoms in total. The van der Waals surface area contributed by atoms with Gasteiger partial charge in [0.25, 0.3) is 0 Å². The molecule has 0 bridgehead atoms. The van der Waals surface area contributed by atoms with E-state index in [1.54, 1.807) is 16.2 Å². The number of terminal acetylenes is 1. The van der Waals surface area contributed by atoms with Crippen LogP contribution in [0, 0.1) is 12.3 Å². The smallest absolute Gasteiger partial charge is 0.234 e. The first kappa shape index (κ1) is 17.5. The molecule has 0 saturated heterocycles. The van der Waals surface area contributed by atoms with Crippen LogP contribution in [0.15, 0.2) is 24.3 Å². The fraction of sp³-hybridized carbons (Fsp3) is 0.400. The van der Waals surface area contributed by atoms with Gasteiger partial charge in [0, 0.05) is 10.4 Å². The first-order valence-corrected chi connectivity index (χ1v) is 9.47. The summed E-state index contributed by atoms with van der Waals surface area (Å²) < 4.78 is 5.63. The topological polar surface area (TPSA) is 42.4 Å². The molecular weight excluding hydrogens is 332 g/mol. The number of benzene rings is 1. The van der Waals surface area contributed by atoms with Gasteiger partial charge in [-0.15, -0.1) is 17.8 Å². The van der Waals surface area contributed by atoms with E-state index < -0.39 is 0 Å². The number of amides is 1. The summed E-state index contributed by atoms with van der Waals surface area (Å²) in [6, 6.07) is 7.63. The van der Waals surface area contributed by atoms with Gasteiger partial charge in [-0.2, -0.15) is 0 Å². The number of hydrogen-bond acceptors (Lipinski definition) is 4. The van der Waals surface area contributed by atoms with Crippen molar-refractivity contribution >= 4 is 22.4 Å². The van der Waals surface area contributed by atoms with Crippen LogP contribution in [0.3, 0.4) is 0 Å². The zero-order valence-corrected chi connectivity index (χ0v) is 15.3. The maximum Gasteiger partial charge on any atom is 0.234 e. The minimum Gasteiger partial charge on any atom is -0.494 e. The molecule has 0 unspecified atom stereocenters. The summed E-state index contributed by atoms with van der Waals surface area (Å²) >= 11 is 1.60. The highest BCUT2D eigenvalue weighted by atomic mass is 32.1. The molecule has 0 radical (unpaired) electrons. The van der Waals surface area contributed by atoms with E-state index in [4.69, 9.17) is 11.2 Å². The van der Waals surface area contributed by atoms with Crippen LogP contribution in [-0.4, -0.2) is 24.0 Å². The SMILES string of the molecule is C#CCN(C(=O)Cc1ccccc1OCC)c1nc2c(s1)CCCC2. The lowest BCUT2D eigenvalue weighted by Crippen LogP contribution is -2.32. The summed E-state index contributed by atoms with van der Waals surface area (Å²) in [5, 5.41) is 0.726. The van der Waals surface area contributed by atoms with Gasteiger partial charge in [-0.3, -0.25) is 9.69 Å². The molecule has 3 rings (SSSR count). The standard InChI is InChI=1S/C20H22N2O2S/c1-3-13-22(20-21-16-10-6-8-12-18(16)25-20)19(23)14-15-9-5-7-11-17(15)24-4-2/h1,5,7,9,11H,4,6,8,10,12-14H2,2H3. The van der Waals surface area contributed by atoms with E-state index >= 15 is 0 Å². The van der Waals surface area contributed by atoms with Gasteiger partial charge in [0.05, 0.1) is 25.3 Å². The van der Waals surface area contributed by atoms with Crippen molar-refractivity contribution < 1.29 is 9.53 Å². The molecule has 1 aromatic heterocycles. The Morgan fingerprint density at radius 1 is 1.36 bits per heavy atom. The molecule has 0 spiro atoms. The van der Waals surface area contributed by atoms with E-state index in [2.05, 4.69) is 10.9 Å².